The largest absolute Gasteiger partial charge is 0.396 e. The zero-order chi connectivity index (χ0) is 14.5. The number of nitrogens with one attached hydrogen (secondary N) is 1. The van der Waals surface area contributed by atoms with Crippen molar-refractivity contribution in [3.05, 3.63) is 58.4 Å². The number of hydrogen-bond donors (Lipinski definition) is 2. The van der Waals surface area contributed by atoms with Gasteiger partial charge in [0.15, 0.2) is 0 Å². The SMILES string of the molecule is Cc1cc(Cl)c(C(=O)Nc2ccc(CCO)cc2)cn1. The van der Waals surface area contributed by atoms with Gasteiger partial charge in [0.25, 0.3) is 5.91 Å². The number of carbonyl (C=O) groups excluding carboxylic acids is 1. The van der Waals surface area contributed by atoms with Gasteiger partial charge in [-0.1, -0.05) is 23.7 Å². The van der Waals surface area contributed by atoms with E-state index in [1.54, 1.807) is 18.2 Å². The monoisotopic (exact) mass is 290 g/mol. The fraction of sp³-hybridized carbons (Fsp3) is 0.200. The molecule has 1 aromatic carbocycles. The summed E-state index contributed by atoms with van der Waals surface area (Å²) < 4.78 is 0. The molecule has 0 radical (unpaired) electrons. The van der Waals surface area contributed by atoms with Gasteiger partial charge in [0.05, 0.1) is 10.6 Å². The van der Waals surface area contributed by atoms with Gasteiger partial charge in [-0.2, -0.15) is 0 Å². The van der Waals surface area contributed by atoms with Crippen molar-refractivity contribution in [1.29, 1.82) is 0 Å². The van der Waals surface area contributed by atoms with E-state index in [4.69, 9.17) is 16.7 Å². The molecule has 1 amide bonds. The number of amides is 1. The highest BCUT2D eigenvalue weighted by Gasteiger charge is 2.11. The molecule has 2 N–H and O–H groups in total. The lowest BCUT2D eigenvalue weighted by atomic mass is 10.1. The third kappa shape index (κ3) is 3.56. The van der Waals surface area contributed by atoms with Gasteiger partial charge in [0.2, 0.25) is 0 Å². The minimum absolute atomic E-state index is 0.107. The lowest BCUT2D eigenvalue weighted by Crippen LogP contribution is -2.13. The Morgan fingerprint density at radius 1 is 1.35 bits per heavy atom. The topological polar surface area (TPSA) is 62.2 Å². The Labute approximate surface area is 122 Å². The molecule has 0 aliphatic heterocycles. The average molecular weight is 291 g/mol. The van der Waals surface area contributed by atoms with Crippen LogP contribution in [0.5, 0.6) is 0 Å². The van der Waals surface area contributed by atoms with Gasteiger partial charge in [-0.15, -0.1) is 0 Å². The van der Waals surface area contributed by atoms with Crippen molar-refractivity contribution in [2.75, 3.05) is 11.9 Å². The summed E-state index contributed by atoms with van der Waals surface area (Å²) in [6, 6.07) is 8.96. The molecule has 0 aliphatic rings. The Morgan fingerprint density at radius 3 is 2.65 bits per heavy atom. The zero-order valence-electron chi connectivity index (χ0n) is 11.1. The smallest absolute Gasteiger partial charge is 0.258 e. The number of halogens is 1. The predicted molar refractivity (Wildman–Crippen MR) is 79.2 cm³/mol. The molecule has 2 aromatic rings. The van der Waals surface area contributed by atoms with E-state index >= 15 is 0 Å². The molecule has 0 spiro atoms. The summed E-state index contributed by atoms with van der Waals surface area (Å²) in [6.07, 6.45) is 2.06. The van der Waals surface area contributed by atoms with E-state index in [1.807, 2.05) is 19.1 Å². The third-order valence-corrected chi connectivity index (χ3v) is 3.16. The normalized spacial score (nSPS) is 10.3. The molecular formula is C15H15ClN2O2. The highest BCUT2D eigenvalue weighted by molar-refractivity contribution is 6.34. The minimum Gasteiger partial charge on any atom is -0.396 e. The Kier molecular flexibility index (Phi) is 4.71. The number of aliphatic hydroxyl groups is 1. The number of rotatable bonds is 4. The number of aryl methyl sites for hydroxylation is 1. The van der Waals surface area contributed by atoms with Crippen LogP contribution in [-0.2, 0) is 6.42 Å². The summed E-state index contributed by atoms with van der Waals surface area (Å²) in [5.74, 6) is -0.294. The summed E-state index contributed by atoms with van der Waals surface area (Å²) in [5.41, 5.74) is 2.80. The van der Waals surface area contributed by atoms with E-state index in [0.717, 1.165) is 11.3 Å². The van der Waals surface area contributed by atoms with E-state index < -0.39 is 0 Å². The maximum absolute atomic E-state index is 12.1. The van der Waals surface area contributed by atoms with Gasteiger partial charge in [-0.3, -0.25) is 9.78 Å². The molecule has 0 saturated heterocycles. The molecule has 1 heterocycles. The Hall–Kier alpha value is -1.91. The second-order valence-corrected chi connectivity index (χ2v) is 4.84. The highest BCUT2D eigenvalue weighted by Crippen LogP contribution is 2.18. The Morgan fingerprint density at radius 2 is 2.05 bits per heavy atom. The van der Waals surface area contributed by atoms with Crippen LogP contribution in [0, 0.1) is 6.92 Å². The van der Waals surface area contributed by atoms with Crippen molar-refractivity contribution < 1.29 is 9.90 Å². The van der Waals surface area contributed by atoms with Crippen LogP contribution in [0.2, 0.25) is 5.02 Å². The number of pyridine rings is 1. The Balaban J connectivity index is 2.11. The molecule has 0 fully saturated rings. The first-order valence-electron chi connectivity index (χ1n) is 6.23. The van der Waals surface area contributed by atoms with E-state index in [0.29, 0.717) is 22.7 Å². The Bertz CT molecular complexity index is 612. The predicted octanol–water partition coefficient (Wildman–Crippen LogP) is 2.83. The van der Waals surface area contributed by atoms with Crippen LogP contribution >= 0.6 is 11.6 Å². The molecule has 0 saturated carbocycles. The van der Waals surface area contributed by atoms with Gasteiger partial charge >= 0.3 is 0 Å². The van der Waals surface area contributed by atoms with Crippen molar-refractivity contribution in [3.8, 4) is 0 Å². The van der Waals surface area contributed by atoms with Gasteiger partial charge < -0.3 is 10.4 Å². The number of aliphatic hydroxyl groups excluding tert-OH is 1. The van der Waals surface area contributed by atoms with E-state index in [1.165, 1.54) is 6.20 Å². The van der Waals surface area contributed by atoms with Crippen LogP contribution in [-0.4, -0.2) is 22.6 Å². The highest BCUT2D eigenvalue weighted by atomic mass is 35.5. The van der Waals surface area contributed by atoms with Crippen molar-refractivity contribution in [3.63, 3.8) is 0 Å². The van der Waals surface area contributed by atoms with Crippen molar-refractivity contribution in [2.24, 2.45) is 0 Å². The summed E-state index contributed by atoms with van der Waals surface area (Å²) in [4.78, 5) is 16.1. The third-order valence-electron chi connectivity index (χ3n) is 2.85. The quantitative estimate of drug-likeness (QED) is 0.910. The fourth-order valence-corrected chi connectivity index (χ4v) is 2.07. The summed E-state index contributed by atoms with van der Waals surface area (Å²) in [7, 11) is 0. The minimum atomic E-state index is -0.294. The number of anilines is 1. The molecule has 0 bridgehead atoms. The second kappa shape index (κ2) is 6.50. The van der Waals surface area contributed by atoms with Crippen LogP contribution in [0.3, 0.4) is 0 Å². The van der Waals surface area contributed by atoms with Crippen molar-refractivity contribution in [1.82, 2.24) is 4.98 Å². The van der Waals surface area contributed by atoms with Gasteiger partial charge in [0, 0.05) is 24.2 Å². The molecule has 2 rings (SSSR count). The molecule has 20 heavy (non-hydrogen) atoms. The van der Waals surface area contributed by atoms with Crippen LogP contribution < -0.4 is 5.32 Å². The molecule has 0 unspecified atom stereocenters. The van der Waals surface area contributed by atoms with Crippen LogP contribution in [0.25, 0.3) is 0 Å². The standard InChI is InChI=1S/C15H15ClN2O2/c1-10-8-14(16)13(9-17-10)15(20)18-12-4-2-11(3-5-12)6-7-19/h2-5,8-9,19H,6-7H2,1H3,(H,18,20). The van der Waals surface area contributed by atoms with Crippen LogP contribution in [0.1, 0.15) is 21.6 Å². The number of benzene rings is 1. The summed E-state index contributed by atoms with van der Waals surface area (Å²) >= 11 is 6.03. The maximum atomic E-state index is 12.1. The lowest BCUT2D eigenvalue weighted by Gasteiger charge is -2.07. The second-order valence-electron chi connectivity index (χ2n) is 4.43. The molecule has 1 aromatic heterocycles. The molecule has 0 aliphatic carbocycles. The van der Waals surface area contributed by atoms with Crippen molar-refractivity contribution in [2.45, 2.75) is 13.3 Å². The van der Waals surface area contributed by atoms with Gasteiger partial charge in [-0.05, 0) is 37.1 Å². The number of aromatic nitrogens is 1. The molecule has 0 atom stereocenters. The molecular weight excluding hydrogens is 276 g/mol. The molecule has 4 nitrogen and oxygen atoms in total. The first-order valence-corrected chi connectivity index (χ1v) is 6.61. The molecule has 104 valence electrons. The number of nitrogens with zero attached hydrogens (tertiary/aromatic N) is 1. The number of hydrogen-bond acceptors (Lipinski definition) is 3. The van der Waals surface area contributed by atoms with Gasteiger partial charge in [-0.25, -0.2) is 0 Å². The summed E-state index contributed by atoms with van der Waals surface area (Å²) in [6.45, 7) is 1.92. The van der Waals surface area contributed by atoms with E-state index in [-0.39, 0.29) is 12.5 Å². The van der Waals surface area contributed by atoms with Crippen molar-refractivity contribution >= 4 is 23.2 Å². The van der Waals surface area contributed by atoms with Gasteiger partial charge in [0.1, 0.15) is 0 Å². The van der Waals surface area contributed by atoms with E-state index in [9.17, 15) is 4.79 Å². The van der Waals surface area contributed by atoms with Crippen LogP contribution in [0.4, 0.5) is 5.69 Å². The average Bonchev–Trinajstić information content (AvgIpc) is 2.41. The summed E-state index contributed by atoms with van der Waals surface area (Å²) in [5, 5.41) is 12.0. The first kappa shape index (κ1) is 14.5. The fourth-order valence-electron chi connectivity index (χ4n) is 1.78. The van der Waals surface area contributed by atoms with E-state index in [2.05, 4.69) is 10.3 Å². The zero-order valence-corrected chi connectivity index (χ0v) is 11.8. The maximum Gasteiger partial charge on any atom is 0.258 e. The van der Waals surface area contributed by atoms with Crippen LogP contribution in [0.15, 0.2) is 36.5 Å². The number of carbonyl (C=O) groups is 1. The first-order chi connectivity index (χ1) is 9.60. The molecule has 5 heteroatoms. The lowest BCUT2D eigenvalue weighted by molar-refractivity contribution is 0.102.